The van der Waals surface area contributed by atoms with E-state index in [1.807, 2.05) is 4.90 Å². The van der Waals surface area contributed by atoms with E-state index in [1.165, 1.54) is 12.8 Å². The second-order valence-electron chi connectivity index (χ2n) is 6.40. The first-order chi connectivity index (χ1) is 10.8. The third kappa shape index (κ3) is 3.60. The molecule has 0 aromatic heterocycles. The molecular formula is C16H26N2O4. The average molecular weight is 310 g/mol. The molecule has 124 valence electrons. The molecule has 1 saturated carbocycles. The van der Waals surface area contributed by atoms with E-state index in [0.29, 0.717) is 32.8 Å². The smallest absolute Gasteiger partial charge is 0.249 e. The lowest BCUT2D eigenvalue weighted by Gasteiger charge is -2.32. The van der Waals surface area contributed by atoms with Gasteiger partial charge in [0.1, 0.15) is 12.6 Å². The Morgan fingerprint density at radius 3 is 2.45 bits per heavy atom. The summed E-state index contributed by atoms with van der Waals surface area (Å²) in [4.78, 5) is 28.6. The lowest BCUT2D eigenvalue weighted by Crippen LogP contribution is -2.51. The number of carbonyl (C=O) groups excluding carboxylic acids is 2. The van der Waals surface area contributed by atoms with Gasteiger partial charge in [-0.3, -0.25) is 9.59 Å². The largest absolute Gasteiger partial charge is 0.378 e. The molecule has 0 aromatic carbocycles. The minimum atomic E-state index is -0.294. The van der Waals surface area contributed by atoms with Gasteiger partial charge in [0.15, 0.2) is 0 Å². The predicted octanol–water partition coefficient (Wildman–Crippen LogP) is 0.795. The van der Waals surface area contributed by atoms with E-state index in [2.05, 4.69) is 0 Å². The van der Waals surface area contributed by atoms with Gasteiger partial charge in [0.2, 0.25) is 11.8 Å². The number of carbonyl (C=O) groups is 2. The number of ether oxygens (including phenoxy) is 2. The molecular weight excluding hydrogens is 284 g/mol. The van der Waals surface area contributed by atoms with Crippen LogP contribution in [0.2, 0.25) is 0 Å². The van der Waals surface area contributed by atoms with E-state index >= 15 is 0 Å². The van der Waals surface area contributed by atoms with E-state index in [1.54, 1.807) is 4.90 Å². The summed E-state index contributed by atoms with van der Waals surface area (Å²) in [5.41, 5.74) is 0. The number of hydrogen-bond donors (Lipinski definition) is 0. The fourth-order valence-corrected chi connectivity index (χ4v) is 3.64. The Morgan fingerprint density at radius 2 is 1.73 bits per heavy atom. The van der Waals surface area contributed by atoms with Crippen molar-refractivity contribution in [3.8, 4) is 0 Å². The molecule has 2 aliphatic heterocycles. The Balaban J connectivity index is 1.52. The van der Waals surface area contributed by atoms with Crippen molar-refractivity contribution in [3.05, 3.63) is 0 Å². The van der Waals surface area contributed by atoms with E-state index in [-0.39, 0.29) is 30.6 Å². The number of nitrogens with zero attached hydrogens (tertiary/aromatic N) is 2. The lowest BCUT2D eigenvalue weighted by molar-refractivity contribution is -0.149. The normalized spacial score (nSPS) is 26.6. The maximum atomic E-state index is 12.6. The molecule has 1 atom stereocenters. The van der Waals surface area contributed by atoms with Crippen molar-refractivity contribution in [1.82, 2.24) is 9.80 Å². The Kier molecular flexibility index (Phi) is 5.31. The van der Waals surface area contributed by atoms with Gasteiger partial charge in [0, 0.05) is 19.6 Å². The zero-order chi connectivity index (χ0) is 15.4. The first kappa shape index (κ1) is 15.7. The van der Waals surface area contributed by atoms with Crippen LogP contribution in [0.5, 0.6) is 0 Å². The van der Waals surface area contributed by atoms with Gasteiger partial charge in [0.05, 0.1) is 19.3 Å². The second kappa shape index (κ2) is 7.42. The van der Waals surface area contributed by atoms with Crippen molar-refractivity contribution in [2.45, 2.75) is 50.7 Å². The van der Waals surface area contributed by atoms with Crippen molar-refractivity contribution in [2.75, 3.05) is 39.5 Å². The Bertz CT molecular complexity index is 403. The average Bonchev–Trinajstić information content (AvgIpc) is 3.24. The summed E-state index contributed by atoms with van der Waals surface area (Å²) < 4.78 is 11.0. The maximum absolute atomic E-state index is 12.6. The molecule has 2 heterocycles. The second-order valence-corrected chi connectivity index (χ2v) is 6.40. The summed E-state index contributed by atoms with van der Waals surface area (Å²) in [6.45, 7) is 3.26. The van der Waals surface area contributed by atoms with Crippen molar-refractivity contribution in [3.63, 3.8) is 0 Å². The SMILES string of the molecule is O=C(C1CCCN1C(=O)COC1CCCC1)N1CCOCC1. The molecule has 0 N–H and O–H groups in total. The van der Waals surface area contributed by atoms with Gasteiger partial charge in [-0.05, 0) is 25.7 Å². The molecule has 3 aliphatic rings. The molecule has 0 radical (unpaired) electrons. The molecule has 6 heteroatoms. The van der Waals surface area contributed by atoms with Crippen molar-refractivity contribution in [1.29, 1.82) is 0 Å². The van der Waals surface area contributed by atoms with Crippen LogP contribution in [0.3, 0.4) is 0 Å². The quantitative estimate of drug-likeness (QED) is 0.770. The minimum absolute atomic E-state index is 0.0315. The molecule has 0 aromatic rings. The summed E-state index contributed by atoms with van der Waals surface area (Å²) in [6, 6.07) is -0.294. The van der Waals surface area contributed by atoms with Crippen LogP contribution in [-0.2, 0) is 19.1 Å². The third-order valence-electron chi connectivity index (χ3n) is 4.93. The monoisotopic (exact) mass is 310 g/mol. The number of rotatable bonds is 4. The van der Waals surface area contributed by atoms with Crippen molar-refractivity contribution < 1.29 is 19.1 Å². The van der Waals surface area contributed by atoms with Crippen LogP contribution >= 0.6 is 0 Å². The molecule has 2 saturated heterocycles. The van der Waals surface area contributed by atoms with Crippen LogP contribution in [-0.4, -0.2) is 73.2 Å². The number of amides is 2. The molecule has 1 aliphatic carbocycles. The Morgan fingerprint density at radius 1 is 1.00 bits per heavy atom. The van der Waals surface area contributed by atoms with Gasteiger partial charge in [-0.2, -0.15) is 0 Å². The van der Waals surface area contributed by atoms with Gasteiger partial charge in [-0.15, -0.1) is 0 Å². The highest BCUT2D eigenvalue weighted by Crippen LogP contribution is 2.23. The molecule has 0 bridgehead atoms. The van der Waals surface area contributed by atoms with Crippen molar-refractivity contribution >= 4 is 11.8 Å². The topological polar surface area (TPSA) is 59.1 Å². The fourth-order valence-electron chi connectivity index (χ4n) is 3.64. The predicted molar refractivity (Wildman–Crippen MR) is 80.3 cm³/mol. The van der Waals surface area contributed by atoms with Gasteiger partial charge >= 0.3 is 0 Å². The van der Waals surface area contributed by atoms with Crippen LogP contribution in [0.4, 0.5) is 0 Å². The van der Waals surface area contributed by atoms with Gasteiger partial charge in [-0.25, -0.2) is 0 Å². The molecule has 3 rings (SSSR count). The molecule has 1 unspecified atom stereocenters. The lowest BCUT2D eigenvalue weighted by atomic mass is 10.2. The number of likely N-dealkylation sites (tertiary alicyclic amines) is 1. The molecule has 2 amide bonds. The van der Waals surface area contributed by atoms with E-state index < -0.39 is 0 Å². The zero-order valence-electron chi connectivity index (χ0n) is 13.2. The number of hydrogen-bond acceptors (Lipinski definition) is 4. The summed E-state index contributed by atoms with van der Waals surface area (Å²) in [7, 11) is 0. The number of morpholine rings is 1. The van der Waals surface area contributed by atoms with Gasteiger partial charge < -0.3 is 19.3 Å². The highest BCUT2D eigenvalue weighted by Gasteiger charge is 2.37. The van der Waals surface area contributed by atoms with Crippen LogP contribution in [0, 0.1) is 0 Å². The van der Waals surface area contributed by atoms with Crippen LogP contribution < -0.4 is 0 Å². The summed E-state index contributed by atoms with van der Waals surface area (Å²) in [5, 5.41) is 0. The first-order valence-corrected chi connectivity index (χ1v) is 8.53. The summed E-state index contributed by atoms with van der Waals surface area (Å²) in [6.07, 6.45) is 6.41. The van der Waals surface area contributed by atoms with E-state index in [0.717, 1.165) is 25.7 Å². The highest BCUT2D eigenvalue weighted by molar-refractivity contribution is 5.88. The Labute approximate surface area is 131 Å². The molecule has 3 fully saturated rings. The summed E-state index contributed by atoms with van der Waals surface area (Å²) >= 11 is 0. The molecule has 22 heavy (non-hydrogen) atoms. The molecule has 6 nitrogen and oxygen atoms in total. The Hall–Kier alpha value is -1.14. The third-order valence-corrected chi connectivity index (χ3v) is 4.93. The minimum Gasteiger partial charge on any atom is -0.378 e. The first-order valence-electron chi connectivity index (χ1n) is 8.53. The highest BCUT2D eigenvalue weighted by atomic mass is 16.5. The van der Waals surface area contributed by atoms with Gasteiger partial charge in [0.25, 0.3) is 0 Å². The standard InChI is InChI=1S/C16H26N2O4/c19-15(12-22-13-4-1-2-5-13)18-7-3-6-14(18)16(20)17-8-10-21-11-9-17/h13-14H,1-12H2. The van der Waals surface area contributed by atoms with Crippen LogP contribution in [0.15, 0.2) is 0 Å². The zero-order valence-corrected chi connectivity index (χ0v) is 13.2. The fraction of sp³-hybridized carbons (Fsp3) is 0.875. The summed E-state index contributed by atoms with van der Waals surface area (Å²) in [5.74, 6) is 0.0472. The van der Waals surface area contributed by atoms with Crippen LogP contribution in [0.1, 0.15) is 38.5 Å². The maximum Gasteiger partial charge on any atom is 0.249 e. The van der Waals surface area contributed by atoms with E-state index in [4.69, 9.17) is 9.47 Å². The van der Waals surface area contributed by atoms with Crippen molar-refractivity contribution in [2.24, 2.45) is 0 Å². The van der Waals surface area contributed by atoms with Crippen LogP contribution in [0.25, 0.3) is 0 Å². The molecule has 0 spiro atoms. The van der Waals surface area contributed by atoms with E-state index in [9.17, 15) is 9.59 Å². The van der Waals surface area contributed by atoms with Gasteiger partial charge in [-0.1, -0.05) is 12.8 Å².